The Kier molecular flexibility index (Phi) is 3.99. The molecule has 1 unspecified atom stereocenters. The number of nitrogens with one attached hydrogen (secondary N) is 1. The molecule has 4 heteroatoms. The summed E-state index contributed by atoms with van der Waals surface area (Å²) in [5.74, 6) is 0.583. The van der Waals surface area contributed by atoms with Gasteiger partial charge in [0.1, 0.15) is 10.8 Å². The van der Waals surface area contributed by atoms with Gasteiger partial charge in [-0.2, -0.15) is 4.37 Å². The number of anilines is 2. The molecule has 0 fully saturated rings. The Morgan fingerprint density at radius 3 is 2.83 bits per heavy atom. The molecule has 1 heterocycles. The Hall–Kier alpha value is -1.81. The molecule has 0 aliphatic carbocycles. The van der Waals surface area contributed by atoms with E-state index in [1.807, 2.05) is 36.4 Å². The van der Waals surface area contributed by atoms with Crippen LogP contribution >= 0.6 is 11.5 Å². The van der Waals surface area contributed by atoms with Gasteiger partial charge in [0.2, 0.25) is 0 Å². The number of hydrogen-bond donors (Lipinski definition) is 2. The fourth-order valence-electron chi connectivity index (χ4n) is 1.82. The van der Waals surface area contributed by atoms with Crippen LogP contribution in [-0.2, 0) is 0 Å². The van der Waals surface area contributed by atoms with Gasteiger partial charge in [0.05, 0.1) is 5.56 Å². The van der Waals surface area contributed by atoms with Gasteiger partial charge in [-0.3, -0.25) is 0 Å². The Balaban J connectivity index is 2.30. The van der Waals surface area contributed by atoms with Crippen LogP contribution in [0.2, 0.25) is 0 Å². The van der Waals surface area contributed by atoms with E-state index in [1.54, 1.807) is 0 Å². The van der Waals surface area contributed by atoms with Gasteiger partial charge in [-0.25, -0.2) is 0 Å². The average molecular weight is 259 g/mol. The first-order valence-electron chi connectivity index (χ1n) is 5.90. The standard InChI is InChI=1S/C14H17N3S/c1-3-7-10(2)16-14-12(13(15)17-18-14)11-8-5-4-6-9-11/h3-6,8-10,16H,1,7H2,2H3,(H2,15,17). The van der Waals surface area contributed by atoms with Crippen LogP contribution in [0.3, 0.4) is 0 Å². The summed E-state index contributed by atoms with van der Waals surface area (Å²) >= 11 is 1.40. The van der Waals surface area contributed by atoms with Crippen LogP contribution < -0.4 is 11.1 Å². The van der Waals surface area contributed by atoms with Crippen molar-refractivity contribution >= 4 is 22.4 Å². The van der Waals surface area contributed by atoms with E-state index in [4.69, 9.17) is 5.73 Å². The zero-order valence-corrected chi connectivity index (χ0v) is 11.2. The highest BCUT2D eigenvalue weighted by atomic mass is 32.1. The molecule has 1 atom stereocenters. The van der Waals surface area contributed by atoms with E-state index < -0.39 is 0 Å². The van der Waals surface area contributed by atoms with Crippen molar-refractivity contribution in [3.8, 4) is 11.1 Å². The summed E-state index contributed by atoms with van der Waals surface area (Å²) in [5, 5.41) is 4.46. The summed E-state index contributed by atoms with van der Waals surface area (Å²) in [5.41, 5.74) is 8.05. The second kappa shape index (κ2) is 5.69. The van der Waals surface area contributed by atoms with Crippen LogP contribution in [0.4, 0.5) is 10.8 Å². The van der Waals surface area contributed by atoms with Crippen LogP contribution in [0, 0.1) is 0 Å². The number of rotatable bonds is 5. The fraction of sp³-hybridized carbons (Fsp3) is 0.214. The Labute approximate surface area is 112 Å². The molecule has 1 aromatic carbocycles. The number of hydrogen-bond acceptors (Lipinski definition) is 4. The van der Waals surface area contributed by atoms with Crippen LogP contribution in [0.1, 0.15) is 13.3 Å². The van der Waals surface area contributed by atoms with Crippen molar-refractivity contribution in [3.63, 3.8) is 0 Å². The second-order valence-electron chi connectivity index (χ2n) is 4.21. The smallest absolute Gasteiger partial charge is 0.147 e. The first-order chi connectivity index (χ1) is 8.72. The maximum absolute atomic E-state index is 5.96. The van der Waals surface area contributed by atoms with Gasteiger partial charge in [-0.05, 0) is 30.4 Å². The lowest BCUT2D eigenvalue weighted by molar-refractivity contribution is 0.818. The SMILES string of the molecule is C=CCC(C)Nc1snc(N)c1-c1ccccc1. The summed E-state index contributed by atoms with van der Waals surface area (Å²) in [4.78, 5) is 0. The molecule has 0 spiro atoms. The van der Waals surface area contributed by atoms with E-state index in [0.717, 1.165) is 22.5 Å². The van der Waals surface area contributed by atoms with Gasteiger partial charge in [0.15, 0.2) is 0 Å². The third kappa shape index (κ3) is 2.71. The monoisotopic (exact) mass is 259 g/mol. The lowest BCUT2D eigenvalue weighted by Crippen LogP contribution is -2.13. The molecule has 94 valence electrons. The van der Waals surface area contributed by atoms with Crippen molar-refractivity contribution in [1.82, 2.24) is 4.37 Å². The van der Waals surface area contributed by atoms with Crippen molar-refractivity contribution in [1.29, 1.82) is 0 Å². The minimum absolute atomic E-state index is 0.324. The Morgan fingerprint density at radius 1 is 1.44 bits per heavy atom. The number of benzene rings is 1. The molecule has 0 radical (unpaired) electrons. The highest BCUT2D eigenvalue weighted by Crippen LogP contribution is 2.37. The first-order valence-corrected chi connectivity index (χ1v) is 6.67. The van der Waals surface area contributed by atoms with Gasteiger partial charge in [-0.1, -0.05) is 36.4 Å². The van der Waals surface area contributed by atoms with Crippen LogP contribution in [-0.4, -0.2) is 10.4 Å². The highest BCUT2D eigenvalue weighted by Gasteiger charge is 2.14. The van der Waals surface area contributed by atoms with Gasteiger partial charge in [0, 0.05) is 6.04 Å². The Morgan fingerprint density at radius 2 is 2.17 bits per heavy atom. The molecule has 3 N–H and O–H groups in total. The van der Waals surface area contributed by atoms with E-state index in [2.05, 4.69) is 23.2 Å². The third-order valence-electron chi connectivity index (χ3n) is 2.68. The second-order valence-corrected chi connectivity index (χ2v) is 4.98. The molecule has 2 aromatic rings. The highest BCUT2D eigenvalue weighted by molar-refractivity contribution is 7.11. The van der Waals surface area contributed by atoms with Crippen molar-refractivity contribution < 1.29 is 0 Å². The summed E-state index contributed by atoms with van der Waals surface area (Å²) < 4.78 is 4.24. The average Bonchev–Trinajstić information content (AvgIpc) is 2.72. The Bertz CT molecular complexity index is 519. The maximum Gasteiger partial charge on any atom is 0.147 e. The lowest BCUT2D eigenvalue weighted by atomic mass is 10.1. The van der Waals surface area contributed by atoms with Gasteiger partial charge in [-0.15, -0.1) is 6.58 Å². The molecule has 0 aliphatic rings. The molecule has 0 aliphatic heterocycles. The van der Waals surface area contributed by atoms with E-state index in [1.165, 1.54) is 11.5 Å². The van der Waals surface area contributed by atoms with E-state index >= 15 is 0 Å². The molecule has 18 heavy (non-hydrogen) atoms. The molecule has 0 saturated heterocycles. The molecule has 1 aromatic heterocycles. The summed E-state index contributed by atoms with van der Waals surface area (Å²) in [7, 11) is 0. The molecular weight excluding hydrogens is 242 g/mol. The van der Waals surface area contributed by atoms with Crippen LogP contribution in [0.25, 0.3) is 11.1 Å². The van der Waals surface area contributed by atoms with E-state index in [-0.39, 0.29) is 0 Å². The zero-order valence-electron chi connectivity index (χ0n) is 10.4. The fourth-order valence-corrected chi connectivity index (χ4v) is 2.67. The molecule has 3 nitrogen and oxygen atoms in total. The summed E-state index contributed by atoms with van der Waals surface area (Å²) in [6.07, 6.45) is 2.82. The summed E-state index contributed by atoms with van der Waals surface area (Å²) in [6, 6.07) is 10.4. The normalized spacial score (nSPS) is 12.1. The van der Waals surface area contributed by atoms with Gasteiger partial charge >= 0.3 is 0 Å². The van der Waals surface area contributed by atoms with Crippen molar-refractivity contribution in [2.24, 2.45) is 0 Å². The van der Waals surface area contributed by atoms with Crippen LogP contribution in [0.5, 0.6) is 0 Å². The van der Waals surface area contributed by atoms with Crippen molar-refractivity contribution in [3.05, 3.63) is 43.0 Å². The molecule has 0 bridgehead atoms. The molecular formula is C14H17N3S. The quantitative estimate of drug-likeness (QED) is 0.804. The van der Waals surface area contributed by atoms with Crippen LogP contribution in [0.15, 0.2) is 43.0 Å². The number of aromatic nitrogens is 1. The predicted octanol–water partition coefficient (Wildman–Crippen LogP) is 3.77. The third-order valence-corrected chi connectivity index (χ3v) is 3.47. The molecule has 0 saturated carbocycles. The summed E-state index contributed by atoms with van der Waals surface area (Å²) in [6.45, 7) is 5.87. The maximum atomic E-state index is 5.96. The van der Waals surface area contributed by atoms with E-state index in [0.29, 0.717) is 11.9 Å². The van der Waals surface area contributed by atoms with Gasteiger partial charge in [0.25, 0.3) is 0 Å². The minimum atomic E-state index is 0.324. The lowest BCUT2D eigenvalue weighted by Gasteiger charge is -2.13. The number of nitrogens with two attached hydrogens (primary N) is 1. The van der Waals surface area contributed by atoms with Gasteiger partial charge < -0.3 is 11.1 Å². The molecule has 0 amide bonds. The van der Waals surface area contributed by atoms with E-state index in [9.17, 15) is 0 Å². The predicted molar refractivity (Wildman–Crippen MR) is 79.9 cm³/mol. The number of nitrogen functional groups attached to an aromatic ring is 1. The minimum Gasteiger partial charge on any atom is -0.382 e. The van der Waals surface area contributed by atoms with Crippen molar-refractivity contribution in [2.45, 2.75) is 19.4 Å². The largest absolute Gasteiger partial charge is 0.382 e. The number of nitrogens with zero attached hydrogens (tertiary/aromatic N) is 1. The first kappa shape index (κ1) is 12.6. The molecule has 2 rings (SSSR count). The zero-order chi connectivity index (χ0) is 13.0. The topological polar surface area (TPSA) is 50.9 Å². The van der Waals surface area contributed by atoms with Crippen molar-refractivity contribution in [2.75, 3.05) is 11.1 Å².